The Morgan fingerprint density at radius 2 is 2.09 bits per heavy atom. The molecular weight excluding hydrogens is 430 g/mol. The number of aromatic carboxylic acids is 1. The number of rotatable bonds is 5. The largest absolute Gasteiger partial charge is 0.504 e. The number of phenolic OH excluding ortho intramolecular Hbond substituents is 1. The number of carboxylic acid groups (broad SMARTS) is 1. The topological polar surface area (TPSA) is 79.1 Å². The molecule has 0 aliphatic carbocycles. The summed E-state index contributed by atoms with van der Waals surface area (Å²) >= 11 is 6.76. The highest BCUT2D eigenvalue weighted by atomic mass is 79.9. The maximum Gasteiger partial charge on any atom is 0.335 e. The van der Waals surface area contributed by atoms with Gasteiger partial charge in [0.1, 0.15) is 0 Å². The van der Waals surface area contributed by atoms with Crippen molar-refractivity contribution >= 4 is 49.7 Å². The first-order chi connectivity index (χ1) is 10.9. The van der Waals surface area contributed by atoms with Crippen LogP contribution in [0.1, 0.15) is 22.8 Å². The quantitative estimate of drug-likeness (QED) is 0.654. The van der Waals surface area contributed by atoms with Crippen LogP contribution in [0.3, 0.4) is 0 Å². The van der Waals surface area contributed by atoms with E-state index in [9.17, 15) is 9.90 Å². The summed E-state index contributed by atoms with van der Waals surface area (Å²) < 4.78 is 6.71. The van der Waals surface area contributed by atoms with Gasteiger partial charge < -0.3 is 14.9 Å². The molecular formula is C16H13Br2NO4. The van der Waals surface area contributed by atoms with Gasteiger partial charge in [0.15, 0.2) is 11.5 Å². The molecule has 0 amide bonds. The molecule has 0 heterocycles. The Kier molecular flexibility index (Phi) is 5.79. The van der Waals surface area contributed by atoms with Gasteiger partial charge in [-0.05, 0) is 63.0 Å². The van der Waals surface area contributed by atoms with Gasteiger partial charge >= 0.3 is 5.97 Å². The normalized spacial score (nSPS) is 10.9. The van der Waals surface area contributed by atoms with Gasteiger partial charge in [0, 0.05) is 15.2 Å². The Hall–Kier alpha value is -1.86. The Labute approximate surface area is 149 Å². The van der Waals surface area contributed by atoms with Crippen LogP contribution >= 0.6 is 31.9 Å². The van der Waals surface area contributed by atoms with Crippen molar-refractivity contribution in [2.45, 2.75) is 6.92 Å². The van der Waals surface area contributed by atoms with E-state index in [-0.39, 0.29) is 11.3 Å². The van der Waals surface area contributed by atoms with E-state index in [1.54, 1.807) is 18.2 Å². The average Bonchev–Trinajstić information content (AvgIpc) is 2.53. The summed E-state index contributed by atoms with van der Waals surface area (Å²) in [5.41, 5.74) is 1.05. The molecule has 2 rings (SSSR count). The van der Waals surface area contributed by atoms with E-state index in [2.05, 4.69) is 36.9 Å². The van der Waals surface area contributed by atoms with E-state index >= 15 is 0 Å². The minimum absolute atomic E-state index is 0.0416. The molecule has 5 nitrogen and oxygen atoms in total. The number of phenols is 1. The number of carbonyl (C=O) groups is 1. The highest BCUT2D eigenvalue weighted by Gasteiger charge is 2.14. The Morgan fingerprint density at radius 1 is 1.35 bits per heavy atom. The fourth-order valence-electron chi connectivity index (χ4n) is 1.85. The lowest BCUT2D eigenvalue weighted by Gasteiger charge is -2.11. The van der Waals surface area contributed by atoms with Gasteiger partial charge in [0.2, 0.25) is 0 Å². The molecule has 0 fully saturated rings. The second-order valence-corrected chi connectivity index (χ2v) is 6.13. The van der Waals surface area contributed by atoms with Gasteiger partial charge in [0.25, 0.3) is 0 Å². The predicted octanol–water partition coefficient (Wildman–Crippen LogP) is 4.76. The number of hydrogen-bond acceptors (Lipinski definition) is 4. The fourth-order valence-corrected chi connectivity index (χ4v) is 2.68. The van der Waals surface area contributed by atoms with Gasteiger partial charge in [-0.2, -0.15) is 0 Å². The third-order valence-electron chi connectivity index (χ3n) is 2.93. The van der Waals surface area contributed by atoms with Crippen LogP contribution in [-0.4, -0.2) is 29.0 Å². The van der Waals surface area contributed by atoms with Gasteiger partial charge in [-0.1, -0.05) is 6.07 Å². The smallest absolute Gasteiger partial charge is 0.335 e. The van der Waals surface area contributed by atoms with Crippen LogP contribution in [-0.2, 0) is 0 Å². The van der Waals surface area contributed by atoms with Crippen LogP contribution in [0.5, 0.6) is 11.5 Å². The Morgan fingerprint density at radius 3 is 2.74 bits per heavy atom. The summed E-state index contributed by atoms with van der Waals surface area (Å²) in [4.78, 5) is 15.2. The third-order valence-corrected chi connectivity index (χ3v) is 4.94. The van der Waals surface area contributed by atoms with E-state index in [1.807, 2.05) is 6.92 Å². The standard InChI is InChI=1S/C16H13Br2NO4/c1-2-23-13-7-12(17)14(18)11(15(13)20)8-19-10-5-3-4-9(6-10)16(21)22/h3-8,20H,2H2,1H3,(H,21,22). The molecule has 23 heavy (non-hydrogen) atoms. The second kappa shape index (κ2) is 7.61. The fraction of sp³-hybridized carbons (Fsp3) is 0.125. The van der Waals surface area contributed by atoms with Gasteiger partial charge in [-0.15, -0.1) is 0 Å². The summed E-state index contributed by atoms with van der Waals surface area (Å²) in [6.45, 7) is 2.24. The maximum atomic E-state index is 11.0. The predicted molar refractivity (Wildman–Crippen MR) is 95.3 cm³/mol. The van der Waals surface area contributed by atoms with Crippen LogP contribution in [0.25, 0.3) is 0 Å². The van der Waals surface area contributed by atoms with E-state index in [0.717, 1.165) is 0 Å². The molecule has 0 bridgehead atoms. The molecule has 2 aromatic rings. The second-order valence-electron chi connectivity index (χ2n) is 4.48. The van der Waals surface area contributed by atoms with Gasteiger partial charge in [-0.25, -0.2) is 4.79 Å². The van der Waals surface area contributed by atoms with Crippen molar-refractivity contribution in [3.05, 3.63) is 50.4 Å². The van der Waals surface area contributed by atoms with Crippen LogP contribution in [0.15, 0.2) is 44.3 Å². The Bertz CT molecular complexity index is 775. The molecule has 0 spiro atoms. The van der Waals surface area contributed by atoms with Crippen molar-refractivity contribution in [3.63, 3.8) is 0 Å². The summed E-state index contributed by atoms with van der Waals surface area (Å²) in [6, 6.07) is 7.88. The minimum Gasteiger partial charge on any atom is -0.504 e. The summed E-state index contributed by atoms with van der Waals surface area (Å²) in [7, 11) is 0. The number of hydrogen-bond donors (Lipinski definition) is 2. The molecule has 0 aliphatic heterocycles. The molecule has 2 aromatic carbocycles. The first-order valence-electron chi connectivity index (χ1n) is 6.65. The van der Waals surface area contributed by atoms with Crippen molar-refractivity contribution < 1.29 is 19.7 Å². The molecule has 0 radical (unpaired) electrons. The SMILES string of the molecule is CCOc1cc(Br)c(Br)c(C=Nc2cccc(C(=O)O)c2)c1O. The number of aliphatic imine (C=N–C) groups is 1. The number of halogens is 2. The summed E-state index contributed by atoms with van der Waals surface area (Å²) in [5, 5.41) is 19.3. The van der Waals surface area contributed by atoms with Crippen molar-refractivity contribution in [2.75, 3.05) is 6.61 Å². The molecule has 0 saturated carbocycles. The van der Waals surface area contributed by atoms with Crippen LogP contribution < -0.4 is 4.74 Å². The first-order valence-corrected chi connectivity index (χ1v) is 8.23. The molecule has 0 unspecified atom stereocenters. The highest BCUT2D eigenvalue weighted by Crippen LogP contribution is 2.39. The zero-order chi connectivity index (χ0) is 17.0. The molecule has 2 N–H and O–H groups in total. The van der Waals surface area contributed by atoms with Gasteiger partial charge in [0.05, 0.1) is 23.4 Å². The average molecular weight is 443 g/mol. The van der Waals surface area contributed by atoms with E-state index in [4.69, 9.17) is 9.84 Å². The molecule has 7 heteroatoms. The monoisotopic (exact) mass is 441 g/mol. The van der Waals surface area contributed by atoms with E-state index in [1.165, 1.54) is 18.3 Å². The van der Waals surface area contributed by atoms with Gasteiger partial charge in [-0.3, -0.25) is 4.99 Å². The molecule has 0 saturated heterocycles. The van der Waals surface area contributed by atoms with Crippen molar-refractivity contribution in [2.24, 2.45) is 4.99 Å². The van der Waals surface area contributed by atoms with E-state index in [0.29, 0.717) is 32.6 Å². The van der Waals surface area contributed by atoms with Crippen molar-refractivity contribution in [3.8, 4) is 11.5 Å². The van der Waals surface area contributed by atoms with Crippen molar-refractivity contribution in [1.29, 1.82) is 0 Å². The number of nitrogens with zero attached hydrogens (tertiary/aromatic N) is 1. The molecule has 0 aromatic heterocycles. The van der Waals surface area contributed by atoms with E-state index < -0.39 is 5.97 Å². The lowest BCUT2D eigenvalue weighted by Crippen LogP contribution is -1.96. The maximum absolute atomic E-state index is 11.0. The summed E-state index contributed by atoms with van der Waals surface area (Å²) in [6.07, 6.45) is 1.45. The number of benzene rings is 2. The van der Waals surface area contributed by atoms with Crippen LogP contribution in [0.2, 0.25) is 0 Å². The lowest BCUT2D eigenvalue weighted by molar-refractivity contribution is 0.0697. The molecule has 0 atom stereocenters. The zero-order valence-corrected chi connectivity index (χ0v) is 15.3. The highest BCUT2D eigenvalue weighted by molar-refractivity contribution is 9.13. The summed E-state index contributed by atoms with van der Waals surface area (Å²) in [5.74, 6) is -0.726. The lowest BCUT2D eigenvalue weighted by atomic mass is 10.2. The molecule has 0 aliphatic rings. The zero-order valence-electron chi connectivity index (χ0n) is 12.1. The first kappa shape index (κ1) is 17.5. The number of aromatic hydroxyl groups is 1. The number of ether oxygens (including phenoxy) is 1. The molecule has 120 valence electrons. The minimum atomic E-state index is -1.02. The van der Waals surface area contributed by atoms with Crippen molar-refractivity contribution in [1.82, 2.24) is 0 Å². The third kappa shape index (κ3) is 4.11. The number of carboxylic acids is 1. The Balaban J connectivity index is 2.43. The van der Waals surface area contributed by atoms with Crippen LogP contribution in [0, 0.1) is 0 Å². The van der Waals surface area contributed by atoms with Crippen LogP contribution in [0.4, 0.5) is 5.69 Å².